The Morgan fingerprint density at radius 1 is 1.04 bits per heavy atom. The van der Waals surface area contributed by atoms with Gasteiger partial charge in [0.05, 0.1) is 22.0 Å². The second kappa shape index (κ2) is 7.31. The second-order valence-electron chi connectivity index (χ2n) is 5.89. The second-order valence-corrected chi connectivity index (χ2v) is 7.92. The highest BCUT2D eigenvalue weighted by Gasteiger charge is 2.33. The van der Waals surface area contributed by atoms with E-state index in [1.165, 1.54) is 16.7 Å². The number of amides is 1. The predicted octanol–water partition coefficient (Wildman–Crippen LogP) is 5.24. The highest BCUT2D eigenvalue weighted by atomic mass is 35.5. The van der Waals surface area contributed by atoms with E-state index < -0.39 is 0 Å². The maximum absolute atomic E-state index is 12.9. The molecule has 4 nitrogen and oxygen atoms in total. The van der Waals surface area contributed by atoms with E-state index in [2.05, 4.69) is 5.10 Å². The largest absolute Gasteiger partial charge is 0.270 e. The van der Waals surface area contributed by atoms with Gasteiger partial charge in [-0.2, -0.15) is 5.10 Å². The number of anilines is 1. The molecule has 1 saturated heterocycles. The van der Waals surface area contributed by atoms with E-state index in [1.54, 1.807) is 10.8 Å². The van der Waals surface area contributed by atoms with Crippen LogP contribution in [0.4, 0.5) is 5.69 Å². The Bertz CT molecular complexity index is 1060. The third kappa shape index (κ3) is 3.32. The van der Waals surface area contributed by atoms with Crippen LogP contribution in [0.15, 0.2) is 65.6 Å². The maximum Gasteiger partial charge on any atom is 0.270 e. The first-order valence-electron chi connectivity index (χ1n) is 8.20. The summed E-state index contributed by atoms with van der Waals surface area (Å²) >= 11 is 13.2. The molecule has 0 aliphatic carbocycles. The minimum Gasteiger partial charge on any atom is -0.268 e. The van der Waals surface area contributed by atoms with Crippen LogP contribution in [0, 0.1) is 6.92 Å². The fourth-order valence-electron chi connectivity index (χ4n) is 2.81. The van der Waals surface area contributed by atoms with Crippen molar-refractivity contribution >= 4 is 57.6 Å². The van der Waals surface area contributed by atoms with Crippen molar-refractivity contribution in [2.45, 2.75) is 6.92 Å². The van der Waals surface area contributed by atoms with Crippen LogP contribution in [-0.4, -0.2) is 20.0 Å². The number of rotatable bonds is 3. The smallest absolute Gasteiger partial charge is 0.268 e. The van der Waals surface area contributed by atoms with Gasteiger partial charge in [0.25, 0.3) is 5.91 Å². The van der Waals surface area contributed by atoms with Crippen LogP contribution in [-0.2, 0) is 4.79 Å². The summed E-state index contributed by atoms with van der Waals surface area (Å²) in [7, 11) is 0. The molecule has 1 aromatic heterocycles. The van der Waals surface area contributed by atoms with Gasteiger partial charge in [-0.15, -0.1) is 0 Å². The molecule has 1 aliphatic heterocycles. The van der Waals surface area contributed by atoms with Crippen LogP contribution in [0.1, 0.15) is 11.3 Å². The molecular weight excluding hydrogens is 398 g/mol. The Labute approximate surface area is 171 Å². The van der Waals surface area contributed by atoms with Crippen molar-refractivity contribution in [3.8, 4) is 5.69 Å². The van der Waals surface area contributed by atoms with E-state index in [-0.39, 0.29) is 5.91 Å². The number of nitrogens with zero attached hydrogens (tertiary/aromatic N) is 3. The zero-order chi connectivity index (χ0) is 19.0. The van der Waals surface area contributed by atoms with Crippen molar-refractivity contribution < 1.29 is 4.79 Å². The lowest BCUT2D eigenvalue weighted by Crippen LogP contribution is -2.27. The van der Waals surface area contributed by atoms with Crippen molar-refractivity contribution in [2.24, 2.45) is 0 Å². The maximum atomic E-state index is 12.9. The SMILES string of the molecule is Cc1nn(-c2ccccc2)c(Cl)c1/C=C1/SC(=S)N(c2ccccc2)C1=O. The molecule has 2 aromatic carbocycles. The van der Waals surface area contributed by atoms with E-state index in [0.717, 1.165) is 17.1 Å². The monoisotopic (exact) mass is 411 g/mol. The van der Waals surface area contributed by atoms with Gasteiger partial charge in [0.1, 0.15) is 5.15 Å². The predicted molar refractivity (Wildman–Crippen MR) is 115 cm³/mol. The summed E-state index contributed by atoms with van der Waals surface area (Å²) in [5.74, 6) is -0.154. The Hall–Kier alpha value is -2.41. The minimum atomic E-state index is -0.154. The lowest BCUT2D eigenvalue weighted by Gasteiger charge is -2.13. The molecule has 7 heteroatoms. The number of hydrogen-bond donors (Lipinski definition) is 0. The number of para-hydroxylation sites is 2. The van der Waals surface area contributed by atoms with Crippen molar-refractivity contribution in [1.82, 2.24) is 9.78 Å². The van der Waals surface area contributed by atoms with Gasteiger partial charge >= 0.3 is 0 Å². The van der Waals surface area contributed by atoms with E-state index in [4.69, 9.17) is 23.8 Å². The molecule has 0 bridgehead atoms. The van der Waals surface area contributed by atoms with Gasteiger partial charge in [0.2, 0.25) is 0 Å². The third-order valence-electron chi connectivity index (χ3n) is 4.13. The molecule has 134 valence electrons. The number of thioether (sulfide) groups is 1. The van der Waals surface area contributed by atoms with Crippen molar-refractivity contribution in [3.05, 3.63) is 82.0 Å². The minimum absolute atomic E-state index is 0.154. The van der Waals surface area contributed by atoms with Crippen molar-refractivity contribution in [3.63, 3.8) is 0 Å². The number of aryl methyl sites for hydroxylation is 1. The van der Waals surface area contributed by atoms with Gasteiger partial charge in [0, 0.05) is 5.56 Å². The third-order valence-corrected chi connectivity index (χ3v) is 5.80. The van der Waals surface area contributed by atoms with Crippen molar-refractivity contribution in [1.29, 1.82) is 0 Å². The summed E-state index contributed by atoms with van der Waals surface area (Å²) in [5, 5.41) is 4.98. The summed E-state index contributed by atoms with van der Waals surface area (Å²) in [6.07, 6.45) is 1.77. The fraction of sp³-hybridized carbons (Fsp3) is 0.0500. The van der Waals surface area contributed by atoms with Gasteiger partial charge in [-0.25, -0.2) is 4.68 Å². The molecule has 0 atom stereocenters. The molecular formula is C20H14ClN3OS2. The molecule has 4 rings (SSSR count). The van der Waals surface area contributed by atoms with Gasteiger partial charge < -0.3 is 0 Å². The number of hydrogen-bond acceptors (Lipinski definition) is 4. The molecule has 1 fully saturated rings. The summed E-state index contributed by atoms with van der Waals surface area (Å²) in [6, 6.07) is 19.0. The first-order valence-corrected chi connectivity index (χ1v) is 9.80. The first-order chi connectivity index (χ1) is 13.1. The zero-order valence-corrected chi connectivity index (χ0v) is 16.7. The molecule has 1 aliphatic rings. The summed E-state index contributed by atoms with van der Waals surface area (Å²) in [5.41, 5.74) is 3.08. The zero-order valence-electron chi connectivity index (χ0n) is 14.3. The Kier molecular flexibility index (Phi) is 4.86. The molecule has 0 N–H and O–H groups in total. The number of carbonyl (C=O) groups is 1. The van der Waals surface area contributed by atoms with E-state index in [0.29, 0.717) is 19.9 Å². The van der Waals surface area contributed by atoms with Gasteiger partial charge in [-0.1, -0.05) is 72.0 Å². The number of halogens is 1. The average Bonchev–Trinajstić information content (AvgIpc) is 3.13. The quantitative estimate of drug-likeness (QED) is 0.436. The molecule has 0 saturated carbocycles. The molecule has 1 amide bonds. The lowest BCUT2D eigenvalue weighted by atomic mass is 10.2. The molecule has 0 unspecified atom stereocenters. The number of carbonyl (C=O) groups excluding carboxylic acids is 1. The number of aromatic nitrogens is 2. The molecule has 0 radical (unpaired) electrons. The highest BCUT2D eigenvalue weighted by molar-refractivity contribution is 8.27. The van der Waals surface area contributed by atoms with Crippen LogP contribution in [0.3, 0.4) is 0 Å². The molecule has 27 heavy (non-hydrogen) atoms. The van der Waals surface area contributed by atoms with Crippen molar-refractivity contribution in [2.75, 3.05) is 4.90 Å². The molecule has 3 aromatic rings. The van der Waals surface area contributed by atoms with Crippen LogP contribution >= 0.6 is 35.6 Å². The summed E-state index contributed by atoms with van der Waals surface area (Å²) in [4.78, 5) is 15.0. The number of thiocarbonyl (C=S) groups is 1. The molecule has 2 heterocycles. The van der Waals surface area contributed by atoms with Crippen LogP contribution in [0.2, 0.25) is 5.15 Å². The van der Waals surface area contributed by atoms with Crippen LogP contribution in [0.5, 0.6) is 0 Å². The Morgan fingerprint density at radius 3 is 2.26 bits per heavy atom. The topological polar surface area (TPSA) is 38.1 Å². The number of benzene rings is 2. The average molecular weight is 412 g/mol. The summed E-state index contributed by atoms with van der Waals surface area (Å²) < 4.78 is 2.17. The normalized spacial score (nSPS) is 15.8. The van der Waals surface area contributed by atoms with Crippen LogP contribution < -0.4 is 4.90 Å². The Morgan fingerprint density at radius 2 is 1.63 bits per heavy atom. The highest BCUT2D eigenvalue weighted by Crippen LogP contribution is 2.37. The van der Waals surface area contributed by atoms with E-state index >= 15 is 0 Å². The van der Waals surface area contributed by atoms with Gasteiger partial charge in [-0.05, 0) is 37.3 Å². The van der Waals surface area contributed by atoms with Crippen LogP contribution in [0.25, 0.3) is 11.8 Å². The summed E-state index contributed by atoms with van der Waals surface area (Å²) in [6.45, 7) is 1.87. The fourth-order valence-corrected chi connectivity index (χ4v) is 4.42. The Balaban J connectivity index is 1.72. The lowest BCUT2D eigenvalue weighted by molar-refractivity contribution is -0.113. The van der Waals surface area contributed by atoms with Gasteiger partial charge in [-0.3, -0.25) is 9.69 Å². The van der Waals surface area contributed by atoms with Gasteiger partial charge in [0.15, 0.2) is 4.32 Å². The van der Waals surface area contributed by atoms with E-state index in [9.17, 15) is 4.79 Å². The van der Waals surface area contributed by atoms with E-state index in [1.807, 2.05) is 67.6 Å². The first kappa shape index (κ1) is 18.0. The standard InChI is InChI=1S/C20H14ClN3OS2/c1-13-16(18(21)24(22-13)15-10-6-3-7-11-15)12-17-19(25)23(20(26)27-17)14-8-4-2-5-9-14/h2-12H,1H3/b17-12+. The molecule has 0 spiro atoms.